The molecule has 0 radical (unpaired) electrons. The van der Waals surface area contributed by atoms with Gasteiger partial charge < -0.3 is 9.47 Å². The number of amides is 1. The molecule has 2 unspecified atom stereocenters. The molecule has 2 saturated carbocycles. The van der Waals surface area contributed by atoms with E-state index in [1.165, 1.54) is 12.5 Å². The maximum absolute atomic E-state index is 12.0. The van der Waals surface area contributed by atoms with E-state index >= 15 is 0 Å². The highest BCUT2D eigenvalue weighted by Crippen LogP contribution is 2.63. The molecule has 2 aliphatic rings. The van der Waals surface area contributed by atoms with E-state index in [0.29, 0.717) is 5.92 Å². The van der Waals surface area contributed by atoms with Gasteiger partial charge in [0.15, 0.2) is 6.61 Å². The van der Waals surface area contributed by atoms with E-state index in [4.69, 9.17) is 9.47 Å². The zero-order valence-electron chi connectivity index (χ0n) is 17.0. The largest absolute Gasteiger partial charge is 0.497 e. The predicted octanol–water partition coefficient (Wildman–Crippen LogP) is 3.57. The summed E-state index contributed by atoms with van der Waals surface area (Å²) in [7, 11) is 1.59. The zero-order chi connectivity index (χ0) is 20.4. The molecule has 2 atom stereocenters. The topological polar surface area (TPSA) is 77.0 Å². The van der Waals surface area contributed by atoms with Gasteiger partial charge in [0.25, 0.3) is 5.91 Å². The molecule has 1 aromatic carbocycles. The molecule has 0 aliphatic heterocycles. The summed E-state index contributed by atoms with van der Waals surface area (Å²) in [5.41, 5.74) is 4.67. The van der Waals surface area contributed by atoms with Crippen molar-refractivity contribution in [3.63, 3.8) is 0 Å². The predicted molar refractivity (Wildman–Crippen MR) is 108 cm³/mol. The lowest BCUT2D eigenvalue weighted by molar-refractivity contribution is -0.143. The Labute approximate surface area is 166 Å². The van der Waals surface area contributed by atoms with Crippen molar-refractivity contribution in [2.24, 2.45) is 21.8 Å². The summed E-state index contributed by atoms with van der Waals surface area (Å²) in [6, 6.07) is 7.25. The van der Waals surface area contributed by atoms with E-state index in [0.717, 1.165) is 29.9 Å². The Balaban J connectivity index is 1.47. The van der Waals surface area contributed by atoms with Crippen LogP contribution in [0.25, 0.3) is 6.08 Å². The van der Waals surface area contributed by atoms with Crippen molar-refractivity contribution in [2.75, 3.05) is 13.7 Å². The number of esters is 1. The van der Waals surface area contributed by atoms with Crippen LogP contribution in [-0.4, -0.2) is 31.3 Å². The average Bonchev–Trinajstić information content (AvgIpc) is 3.02. The number of carbonyl (C=O) groups excluding carboxylic acids is 2. The third kappa shape index (κ3) is 3.81. The molecular weight excluding hydrogens is 356 g/mol. The van der Waals surface area contributed by atoms with Gasteiger partial charge in [0.1, 0.15) is 5.75 Å². The quantitative estimate of drug-likeness (QED) is 0.462. The molecule has 2 aliphatic carbocycles. The van der Waals surface area contributed by atoms with Crippen molar-refractivity contribution >= 4 is 23.7 Å². The molecule has 0 saturated heterocycles. The van der Waals surface area contributed by atoms with Crippen LogP contribution in [0.5, 0.6) is 5.75 Å². The number of methoxy groups -OCH3 is 1. The summed E-state index contributed by atoms with van der Waals surface area (Å²) in [4.78, 5) is 23.8. The Kier molecular flexibility index (Phi) is 5.59. The Morgan fingerprint density at radius 3 is 2.54 bits per heavy atom. The van der Waals surface area contributed by atoms with Gasteiger partial charge in [-0.05, 0) is 54.4 Å². The average molecular weight is 384 g/mol. The zero-order valence-corrected chi connectivity index (χ0v) is 17.0. The molecule has 0 aromatic heterocycles. The highest BCUT2D eigenvalue weighted by atomic mass is 16.5. The van der Waals surface area contributed by atoms with Gasteiger partial charge in [-0.3, -0.25) is 4.79 Å². The Morgan fingerprint density at radius 1 is 1.25 bits per heavy atom. The minimum atomic E-state index is -0.577. The second-order valence-electron chi connectivity index (χ2n) is 8.30. The first-order valence-corrected chi connectivity index (χ1v) is 9.61. The summed E-state index contributed by atoms with van der Waals surface area (Å²) < 4.78 is 10.1. The van der Waals surface area contributed by atoms with Crippen molar-refractivity contribution in [1.29, 1.82) is 0 Å². The van der Waals surface area contributed by atoms with Crippen molar-refractivity contribution in [3.8, 4) is 5.75 Å². The van der Waals surface area contributed by atoms with E-state index in [2.05, 4.69) is 31.3 Å². The number of fused-ring (bicyclic) bond motifs is 2. The molecule has 28 heavy (non-hydrogen) atoms. The van der Waals surface area contributed by atoms with Gasteiger partial charge in [0, 0.05) is 17.2 Å². The molecule has 0 spiro atoms. The number of benzene rings is 1. The van der Waals surface area contributed by atoms with Crippen molar-refractivity contribution in [3.05, 3.63) is 35.9 Å². The van der Waals surface area contributed by atoms with Crippen LogP contribution >= 0.6 is 0 Å². The molecule has 2 fully saturated rings. The number of carbonyl (C=O) groups is 2. The second-order valence-corrected chi connectivity index (χ2v) is 8.30. The van der Waals surface area contributed by atoms with Gasteiger partial charge in [0.05, 0.1) is 7.11 Å². The molecule has 1 amide bonds. The third-order valence-corrected chi connectivity index (χ3v) is 6.70. The first kappa shape index (κ1) is 20.1. The second kappa shape index (κ2) is 7.78. The minimum absolute atomic E-state index is 0.0305. The monoisotopic (exact) mass is 384 g/mol. The lowest BCUT2D eigenvalue weighted by Crippen LogP contribution is -2.34. The summed E-state index contributed by atoms with van der Waals surface area (Å²) in [6.45, 7) is 6.44. The van der Waals surface area contributed by atoms with E-state index in [9.17, 15) is 9.59 Å². The summed E-state index contributed by atoms with van der Waals surface area (Å²) in [5, 5.41) is 4.36. The molecule has 1 aromatic rings. The normalized spacial score (nSPS) is 26.6. The number of rotatable bonds is 6. The Morgan fingerprint density at radius 2 is 1.96 bits per heavy atom. The van der Waals surface area contributed by atoms with E-state index < -0.39 is 11.9 Å². The molecule has 1 N–H and O–H groups in total. The van der Waals surface area contributed by atoms with Crippen LogP contribution in [0.15, 0.2) is 35.4 Å². The summed E-state index contributed by atoms with van der Waals surface area (Å²) in [5.74, 6) is 0.356. The van der Waals surface area contributed by atoms with Crippen molar-refractivity contribution < 1.29 is 19.1 Å². The lowest BCUT2D eigenvalue weighted by Gasteiger charge is -2.34. The van der Waals surface area contributed by atoms with Crippen LogP contribution in [0.4, 0.5) is 0 Å². The molecule has 6 heteroatoms. The van der Waals surface area contributed by atoms with Gasteiger partial charge in [-0.25, -0.2) is 10.2 Å². The first-order valence-electron chi connectivity index (χ1n) is 9.61. The van der Waals surface area contributed by atoms with E-state index in [1.54, 1.807) is 25.3 Å². The minimum Gasteiger partial charge on any atom is -0.497 e. The lowest BCUT2D eigenvalue weighted by atomic mass is 9.70. The molecule has 150 valence electrons. The van der Waals surface area contributed by atoms with Gasteiger partial charge in [-0.1, -0.05) is 32.9 Å². The van der Waals surface area contributed by atoms with E-state index in [1.807, 2.05) is 12.1 Å². The van der Waals surface area contributed by atoms with Crippen molar-refractivity contribution in [2.45, 2.75) is 40.0 Å². The Hall–Kier alpha value is -2.63. The highest BCUT2D eigenvalue weighted by Gasteiger charge is 2.59. The highest BCUT2D eigenvalue weighted by molar-refractivity contribution is 5.95. The number of nitrogens with zero attached hydrogens (tertiary/aromatic N) is 1. The van der Waals surface area contributed by atoms with Gasteiger partial charge in [0.2, 0.25) is 0 Å². The fourth-order valence-corrected chi connectivity index (χ4v) is 4.32. The van der Waals surface area contributed by atoms with Crippen LogP contribution < -0.4 is 10.2 Å². The molecular formula is C22H28N2O4. The van der Waals surface area contributed by atoms with Crippen LogP contribution in [0.2, 0.25) is 0 Å². The fourth-order valence-electron chi connectivity index (χ4n) is 4.32. The van der Waals surface area contributed by atoms with Crippen LogP contribution in [0.3, 0.4) is 0 Å². The van der Waals surface area contributed by atoms with Gasteiger partial charge in [-0.15, -0.1) is 0 Å². The maximum Gasteiger partial charge on any atom is 0.331 e. The van der Waals surface area contributed by atoms with Gasteiger partial charge >= 0.3 is 5.97 Å². The maximum atomic E-state index is 12.0. The van der Waals surface area contributed by atoms with E-state index in [-0.39, 0.29) is 17.4 Å². The number of hydrogen-bond acceptors (Lipinski definition) is 5. The van der Waals surface area contributed by atoms with Gasteiger partial charge in [-0.2, -0.15) is 5.10 Å². The SMILES string of the molecule is COc1ccc(/C=C/C(=O)OCC(=O)N/N=C2\CC3CCC2(C)C3(C)C)cc1. The Bertz CT molecular complexity index is 810. The molecule has 3 rings (SSSR count). The number of nitrogens with one attached hydrogen (secondary N) is 1. The van der Waals surface area contributed by atoms with Crippen LogP contribution in [-0.2, 0) is 14.3 Å². The first-order chi connectivity index (χ1) is 13.3. The third-order valence-electron chi connectivity index (χ3n) is 6.70. The number of ether oxygens (including phenoxy) is 2. The van der Waals surface area contributed by atoms with Crippen molar-refractivity contribution in [1.82, 2.24) is 5.43 Å². The molecule has 2 bridgehead atoms. The van der Waals surface area contributed by atoms with Crippen LogP contribution in [0, 0.1) is 16.7 Å². The fraction of sp³-hybridized carbons (Fsp3) is 0.500. The van der Waals surface area contributed by atoms with Crippen LogP contribution in [0.1, 0.15) is 45.6 Å². The molecule has 6 nitrogen and oxygen atoms in total. The standard InChI is InChI=1S/C22H28N2O4/c1-21(2)16-11-12-22(21,3)18(13-16)23-24-19(25)14-28-20(26)10-7-15-5-8-17(27-4)9-6-15/h5-10,16H,11-14H2,1-4H3,(H,24,25)/b10-7+,23-18+. The smallest absolute Gasteiger partial charge is 0.331 e. The molecule has 0 heterocycles. The number of hydrogen-bond donors (Lipinski definition) is 1. The summed E-state index contributed by atoms with van der Waals surface area (Å²) >= 11 is 0. The number of hydrazone groups is 1. The summed E-state index contributed by atoms with van der Waals surface area (Å²) in [6.07, 6.45) is 6.16.